The molecule has 48 heavy (non-hydrogen) atoms. The van der Waals surface area contributed by atoms with Crippen LogP contribution in [0.25, 0.3) is 0 Å². The molecule has 2 aromatic carbocycles. The van der Waals surface area contributed by atoms with Crippen molar-refractivity contribution in [2.24, 2.45) is 11.8 Å². The average molecular weight is 697 g/mol. The minimum atomic E-state index is -4.22. The summed E-state index contributed by atoms with van der Waals surface area (Å²) < 4.78 is 28.8. The molecule has 3 amide bonds. The quantitative estimate of drug-likeness (QED) is 0.216. The number of carbonyl (C=O) groups is 2. The van der Waals surface area contributed by atoms with E-state index in [0.717, 1.165) is 32.7 Å². The highest BCUT2D eigenvalue weighted by atomic mass is 32.2. The second-order valence-corrected chi connectivity index (χ2v) is 15.8. The van der Waals surface area contributed by atoms with Gasteiger partial charge in [-0.25, -0.2) is 18.2 Å². The van der Waals surface area contributed by atoms with E-state index in [1.165, 1.54) is 17.4 Å². The minimum Gasteiger partial charge on any atom is -0.507 e. The molecule has 3 aromatic rings. The number of aromatic hydroxyl groups is 1. The van der Waals surface area contributed by atoms with Crippen molar-refractivity contribution in [1.29, 1.82) is 5.26 Å². The molecule has 0 saturated carbocycles. The molecule has 0 bridgehead atoms. The van der Waals surface area contributed by atoms with E-state index in [9.17, 15) is 33.5 Å². The van der Waals surface area contributed by atoms with Gasteiger partial charge < -0.3 is 25.3 Å². The third kappa shape index (κ3) is 8.90. The second-order valence-electron chi connectivity index (χ2n) is 12.8. The lowest BCUT2D eigenvalue weighted by Gasteiger charge is -2.34. The molecule has 3 N–H and O–H groups in total. The molecule has 0 radical (unpaired) electrons. The molecule has 1 aliphatic heterocycles. The van der Waals surface area contributed by atoms with E-state index in [-0.39, 0.29) is 53.6 Å². The number of nitriles is 1. The zero-order chi connectivity index (χ0) is 35.2. The van der Waals surface area contributed by atoms with E-state index in [1.807, 2.05) is 70.3 Å². The molecule has 2 heterocycles. The van der Waals surface area contributed by atoms with E-state index >= 15 is 0 Å². The fraction of sp³-hybridized carbons (Fsp3) is 0.471. The van der Waals surface area contributed by atoms with Crippen molar-refractivity contribution < 1.29 is 28.2 Å². The first-order valence-corrected chi connectivity index (χ1v) is 18.2. The van der Waals surface area contributed by atoms with E-state index in [4.69, 9.17) is 0 Å². The van der Waals surface area contributed by atoms with Gasteiger partial charge in [0.2, 0.25) is 15.9 Å². The third-order valence-corrected chi connectivity index (χ3v) is 10.8. The van der Waals surface area contributed by atoms with Crippen LogP contribution in [0.15, 0.2) is 58.8 Å². The van der Waals surface area contributed by atoms with Crippen LogP contribution in [0.5, 0.6) is 5.75 Å². The predicted molar refractivity (Wildman–Crippen MR) is 182 cm³/mol. The lowest BCUT2D eigenvalue weighted by atomic mass is 9.97. The van der Waals surface area contributed by atoms with Gasteiger partial charge in [0.15, 0.2) is 0 Å². The van der Waals surface area contributed by atoms with E-state index < -0.39 is 34.1 Å². The number of amides is 3. The molecule has 1 saturated heterocycles. The number of hydrogen-bond donors (Lipinski definition) is 3. The Kier molecular flexibility index (Phi) is 12.2. The molecular formula is C34H44N6O6S2. The summed E-state index contributed by atoms with van der Waals surface area (Å²) in [5.74, 6) is -1.16. The smallest absolute Gasteiger partial charge is 0.321 e. The number of aryl methyl sites for hydroxylation is 1. The van der Waals surface area contributed by atoms with Crippen LogP contribution in [-0.4, -0.2) is 94.0 Å². The zero-order valence-corrected chi connectivity index (χ0v) is 29.5. The summed E-state index contributed by atoms with van der Waals surface area (Å²) in [6.07, 6.45) is -1.14. The summed E-state index contributed by atoms with van der Waals surface area (Å²) in [6, 6.07) is 12.5. The zero-order valence-electron chi connectivity index (χ0n) is 27.9. The van der Waals surface area contributed by atoms with Crippen LogP contribution in [0.3, 0.4) is 0 Å². The number of phenolic OH excluding ortho intramolecular Hbond substituents is 1. The Balaban J connectivity index is 1.59. The molecule has 14 heteroatoms. The normalized spacial score (nSPS) is 15.6. The van der Waals surface area contributed by atoms with Gasteiger partial charge in [-0.15, -0.1) is 11.3 Å². The molecule has 0 unspecified atom stereocenters. The number of aliphatic hydroxyl groups is 1. The number of nitrogens with one attached hydrogen (secondary N) is 1. The van der Waals surface area contributed by atoms with Gasteiger partial charge in [0.1, 0.15) is 17.9 Å². The lowest BCUT2D eigenvalue weighted by Crippen LogP contribution is -2.57. The van der Waals surface area contributed by atoms with Gasteiger partial charge in [-0.1, -0.05) is 58.0 Å². The molecule has 3 atom stereocenters. The third-order valence-electron chi connectivity index (χ3n) is 8.16. The fourth-order valence-electron chi connectivity index (χ4n) is 5.83. The number of hydrogen-bond acceptors (Lipinski definition) is 9. The number of aromatic nitrogens is 1. The van der Waals surface area contributed by atoms with Gasteiger partial charge in [0.05, 0.1) is 39.9 Å². The van der Waals surface area contributed by atoms with Crippen LogP contribution >= 0.6 is 11.3 Å². The Hall–Kier alpha value is -4.03. The van der Waals surface area contributed by atoms with Crippen molar-refractivity contribution >= 4 is 33.3 Å². The summed E-state index contributed by atoms with van der Waals surface area (Å²) in [6.45, 7) is 10.1. The van der Waals surface area contributed by atoms with Crippen LogP contribution in [-0.2, 0) is 27.8 Å². The average Bonchev–Trinajstić information content (AvgIpc) is 3.61. The Morgan fingerprint density at radius 1 is 1.12 bits per heavy atom. The van der Waals surface area contributed by atoms with Crippen molar-refractivity contribution in [3.8, 4) is 11.8 Å². The number of rotatable bonds is 15. The number of carbonyl (C=O) groups excluding carboxylic acids is 2. The molecular weight excluding hydrogens is 653 g/mol. The number of thiazole rings is 1. The summed E-state index contributed by atoms with van der Waals surface area (Å²) in [4.78, 5) is 35.1. The van der Waals surface area contributed by atoms with Crippen LogP contribution in [0.4, 0.5) is 4.79 Å². The van der Waals surface area contributed by atoms with Gasteiger partial charge in [-0.3, -0.25) is 4.79 Å². The van der Waals surface area contributed by atoms with Gasteiger partial charge >= 0.3 is 6.03 Å². The lowest BCUT2D eigenvalue weighted by molar-refractivity contribution is -0.128. The fourth-order valence-corrected chi connectivity index (χ4v) is 8.09. The number of sulfonamides is 1. The monoisotopic (exact) mass is 696 g/mol. The van der Waals surface area contributed by atoms with E-state index in [0.29, 0.717) is 19.6 Å². The maximum absolute atomic E-state index is 14.0. The van der Waals surface area contributed by atoms with Crippen LogP contribution in [0, 0.1) is 30.1 Å². The molecule has 12 nitrogen and oxygen atoms in total. The molecule has 1 fully saturated rings. The number of benzene rings is 2. The summed E-state index contributed by atoms with van der Waals surface area (Å²) in [5, 5.41) is 36.8. The Labute approximate surface area is 286 Å². The topological polar surface area (TPSA) is 167 Å². The highest BCUT2D eigenvalue weighted by Gasteiger charge is 2.40. The highest BCUT2D eigenvalue weighted by Crippen LogP contribution is 2.25. The predicted octanol–water partition coefficient (Wildman–Crippen LogP) is 3.73. The van der Waals surface area contributed by atoms with Crippen molar-refractivity contribution in [2.75, 3.05) is 26.2 Å². The Morgan fingerprint density at radius 3 is 2.44 bits per heavy atom. The number of aliphatic hydroxyl groups excluding tert-OH is 1. The summed E-state index contributed by atoms with van der Waals surface area (Å²) in [5.41, 5.74) is 1.42. The summed E-state index contributed by atoms with van der Waals surface area (Å²) in [7, 11) is -4.22. The maximum Gasteiger partial charge on any atom is 0.321 e. The standard InChI is InChI=1S/C34H44N6O6S2/c1-22(2)18-39(48(45,46)28-11-12-30(41)26(16-28)17-35)20-31(42)29(15-25-9-7-6-8-10-25)37-33(43)32(23(3)4)40-14-13-38(34(40)44)19-27-21-47-24(5)36-27/h6-12,16,21-23,29,31-32,41-42H,13-15,18-20H2,1-5H3,(H,37,43)/t29-,31-,32-/m0/s1. The first-order chi connectivity index (χ1) is 22.7. The van der Waals surface area contributed by atoms with Gasteiger partial charge in [-0.05, 0) is 48.9 Å². The van der Waals surface area contributed by atoms with E-state index in [2.05, 4.69) is 10.3 Å². The minimum absolute atomic E-state index is 0.0550. The maximum atomic E-state index is 14.0. The molecule has 1 aliphatic rings. The van der Waals surface area contributed by atoms with Crippen molar-refractivity contribution in [1.82, 2.24) is 24.4 Å². The molecule has 0 aliphatic carbocycles. The largest absolute Gasteiger partial charge is 0.507 e. The molecule has 1 aromatic heterocycles. The molecule has 0 spiro atoms. The van der Waals surface area contributed by atoms with Crippen molar-refractivity contribution in [3.05, 3.63) is 75.7 Å². The molecule has 258 valence electrons. The Bertz CT molecular complexity index is 1720. The van der Waals surface area contributed by atoms with Crippen LogP contribution < -0.4 is 5.32 Å². The number of nitrogens with zero attached hydrogens (tertiary/aromatic N) is 5. The first-order valence-electron chi connectivity index (χ1n) is 15.9. The summed E-state index contributed by atoms with van der Waals surface area (Å²) >= 11 is 1.51. The molecule has 4 rings (SSSR count). The van der Waals surface area contributed by atoms with Crippen LogP contribution in [0.1, 0.15) is 49.5 Å². The number of phenols is 1. The SMILES string of the molecule is Cc1nc(CN2CCN([C@H](C(=O)N[C@@H](Cc3ccccc3)[C@@H](O)CN(CC(C)C)S(=O)(=O)c3ccc(O)c(C#N)c3)C(C)C)C2=O)cs1. The van der Waals surface area contributed by atoms with Gasteiger partial charge in [0, 0.05) is 31.6 Å². The van der Waals surface area contributed by atoms with Crippen LogP contribution in [0.2, 0.25) is 0 Å². The first kappa shape index (κ1) is 36.8. The van der Waals surface area contributed by atoms with Crippen molar-refractivity contribution in [2.45, 2.75) is 70.7 Å². The second kappa shape index (κ2) is 15.9. The van der Waals surface area contributed by atoms with Crippen molar-refractivity contribution in [3.63, 3.8) is 0 Å². The van der Waals surface area contributed by atoms with Gasteiger partial charge in [0.25, 0.3) is 0 Å². The Morgan fingerprint density at radius 2 is 1.83 bits per heavy atom. The highest BCUT2D eigenvalue weighted by molar-refractivity contribution is 7.89. The number of urea groups is 1. The van der Waals surface area contributed by atoms with Gasteiger partial charge in [-0.2, -0.15) is 9.57 Å². The van der Waals surface area contributed by atoms with E-state index in [1.54, 1.807) is 15.9 Å².